The Kier molecular flexibility index (Phi) is 5.28. The number of likely N-dealkylation sites (tertiary alicyclic amines) is 1. The monoisotopic (exact) mass is 381 g/mol. The first-order valence-electron chi connectivity index (χ1n) is 9.69. The van der Waals surface area contributed by atoms with Gasteiger partial charge in [-0.15, -0.1) is 0 Å². The molecule has 2 aliphatic rings. The molecule has 0 bridgehead atoms. The summed E-state index contributed by atoms with van der Waals surface area (Å²) in [4.78, 5) is 18.2. The molecule has 0 saturated carbocycles. The first-order chi connectivity index (χ1) is 13.6. The van der Waals surface area contributed by atoms with Gasteiger partial charge in [0.05, 0.1) is 12.2 Å². The number of pyridine rings is 1. The van der Waals surface area contributed by atoms with Crippen molar-refractivity contribution in [3.63, 3.8) is 0 Å². The number of rotatable bonds is 4. The van der Waals surface area contributed by atoms with Crippen LogP contribution in [0.3, 0.4) is 0 Å². The number of amides is 1. The molecule has 1 fully saturated rings. The number of anilines is 1. The molecule has 1 atom stereocenters. The second-order valence-corrected chi connectivity index (χ2v) is 7.35. The highest BCUT2D eigenvalue weighted by molar-refractivity contribution is 5.68. The summed E-state index contributed by atoms with van der Waals surface area (Å²) < 4.78 is 20.4. The molecule has 1 saturated heterocycles. The summed E-state index contributed by atoms with van der Waals surface area (Å²) in [5, 5.41) is 3.28. The molecule has 28 heavy (non-hydrogen) atoms. The Morgan fingerprint density at radius 2 is 2.14 bits per heavy atom. The predicted molar refractivity (Wildman–Crippen MR) is 107 cm³/mol. The summed E-state index contributed by atoms with van der Waals surface area (Å²) in [6.07, 6.45) is 5.13. The van der Waals surface area contributed by atoms with Gasteiger partial charge in [-0.3, -0.25) is 0 Å². The molecule has 2 aliphatic heterocycles. The molecular formula is C22H24FN3O2. The Labute approximate surface area is 164 Å². The number of alkyl halides is 1. The number of ether oxygens (including phenoxy) is 1. The van der Waals surface area contributed by atoms with Crippen molar-refractivity contribution in [2.24, 2.45) is 0 Å². The van der Waals surface area contributed by atoms with Gasteiger partial charge < -0.3 is 15.0 Å². The van der Waals surface area contributed by atoms with Crippen molar-refractivity contribution < 1.29 is 13.9 Å². The third-order valence-corrected chi connectivity index (χ3v) is 5.18. The molecule has 1 N–H and O–H groups in total. The normalized spacial score (nSPS) is 21.4. The zero-order valence-electron chi connectivity index (χ0n) is 15.7. The van der Waals surface area contributed by atoms with Crippen LogP contribution in [0.4, 0.5) is 15.0 Å². The van der Waals surface area contributed by atoms with Crippen LogP contribution >= 0.6 is 0 Å². The molecule has 6 heteroatoms. The number of carbonyl (C=O) groups excluding carboxylic acids is 1. The predicted octanol–water partition coefficient (Wildman–Crippen LogP) is 4.20. The molecule has 0 radical (unpaired) electrons. The highest BCUT2D eigenvalue weighted by Crippen LogP contribution is 2.29. The van der Waals surface area contributed by atoms with E-state index in [0.29, 0.717) is 6.54 Å². The van der Waals surface area contributed by atoms with E-state index in [2.05, 4.69) is 10.3 Å². The van der Waals surface area contributed by atoms with Crippen LogP contribution in [0, 0.1) is 0 Å². The maximum Gasteiger partial charge on any atom is 0.410 e. The van der Waals surface area contributed by atoms with Gasteiger partial charge in [0.25, 0.3) is 0 Å². The molecule has 0 aliphatic carbocycles. The first-order valence-corrected chi connectivity index (χ1v) is 9.69. The number of hydrogen-bond acceptors (Lipinski definition) is 4. The minimum atomic E-state index is -1.56. The van der Waals surface area contributed by atoms with Crippen molar-refractivity contribution in [1.82, 2.24) is 9.88 Å². The van der Waals surface area contributed by atoms with Gasteiger partial charge in [0.2, 0.25) is 0 Å². The average Bonchev–Trinajstić information content (AvgIpc) is 3.14. The fraction of sp³-hybridized carbons (Fsp3) is 0.364. The van der Waals surface area contributed by atoms with Gasteiger partial charge in [-0.25, -0.2) is 14.2 Å². The highest BCUT2D eigenvalue weighted by atomic mass is 19.1. The van der Waals surface area contributed by atoms with Gasteiger partial charge in [0, 0.05) is 19.5 Å². The van der Waals surface area contributed by atoms with Gasteiger partial charge in [-0.2, -0.15) is 0 Å². The lowest BCUT2D eigenvalue weighted by molar-refractivity contribution is 0.0988. The van der Waals surface area contributed by atoms with Crippen LogP contribution < -0.4 is 5.32 Å². The van der Waals surface area contributed by atoms with E-state index >= 15 is 4.39 Å². The summed E-state index contributed by atoms with van der Waals surface area (Å²) in [6.45, 7) is 1.45. The Morgan fingerprint density at radius 3 is 3.00 bits per heavy atom. The largest absolute Gasteiger partial charge is 0.445 e. The summed E-state index contributed by atoms with van der Waals surface area (Å²) in [5.74, 6) is 0.888. The second-order valence-electron chi connectivity index (χ2n) is 7.35. The molecule has 0 unspecified atom stereocenters. The number of benzene rings is 1. The van der Waals surface area contributed by atoms with E-state index in [-0.39, 0.29) is 19.6 Å². The van der Waals surface area contributed by atoms with E-state index in [4.69, 9.17) is 4.74 Å². The van der Waals surface area contributed by atoms with Crippen LogP contribution in [-0.4, -0.2) is 41.3 Å². The molecule has 1 aromatic carbocycles. The van der Waals surface area contributed by atoms with Crippen molar-refractivity contribution in [1.29, 1.82) is 0 Å². The Balaban J connectivity index is 1.34. The first kappa shape index (κ1) is 18.5. The van der Waals surface area contributed by atoms with Crippen LogP contribution in [0.2, 0.25) is 0 Å². The SMILES string of the molecule is O=C(OCc1ccccc1)N1CC[C@](F)(C=Cc2ccc3c(n2)NCCC3)C1. The molecule has 3 heterocycles. The molecule has 0 spiro atoms. The van der Waals surface area contributed by atoms with E-state index in [1.54, 1.807) is 6.08 Å². The topological polar surface area (TPSA) is 54.5 Å². The van der Waals surface area contributed by atoms with Gasteiger partial charge in [-0.05, 0) is 42.2 Å². The fourth-order valence-electron chi connectivity index (χ4n) is 3.57. The van der Waals surface area contributed by atoms with E-state index in [1.807, 2.05) is 42.5 Å². The molecule has 1 aromatic heterocycles. The lowest BCUT2D eigenvalue weighted by Crippen LogP contribution is -2.32. The Hall–Kier alpha value is -2.89. The maximum absolute atomic E-state index is 15.1. The highest BCUT2D eigenvalue weighted by Gasteiger charge is 2.38. The number of carbonyl (C=O) groups is 1. The lowest BCUT2D eigenvalue weighted by Gasteiger charge is -2.18. The number of fused-ring (bicyclic) bond motifs is 1. The van der Waals surface area contributed by atoms with E-state index in [0.717, 1.165) is 36.5 Å². The van der Waals surface area contributed by atoms with Gasteiger partial charge in [-0.1, -0.05) is 36.4 Å². The molecular weight excluding hydrogens is 357 g/mol. The number of hydrogen-bond donors (Lipinski definition) is 1. The fourth-order valence-corrected chi connectivity index (χ4v) is 3.57. The van der Waals surface area contributed by atoms with Crippen LogP contribution in [0.5, 0.6) is 0 Å². The Bertz CT molecular complexity index is 871. The zero-order valence-corrected chi connectivity index (χ0v) is 15.7. The summed E-state index contributed by atoms with van der Waals surface area (Å²) in [7, 11) is 0. The van der Waals surface area contributed by atoms with Gasteiger partial charge in [0.15, 0.2) is 0 Å². The summed E-state index contributed by atoms with van der Waals surface area (Å²) in [6, 6.07) is 13.4. The van der Waals surface area contributed by atoms with E-state index in [9.17, 15) is 4.79 Å². The van der Waals surface area contributed by atoms with Gasteiger partial charge >= 0.3 is 6.09 Å². The van der Waals surface area contributed by atoms with Crippen molar-refractivity contribution in [2.45, 2.75) is 31.5 Å². The minimum absolute atomic E-state index is 0.000311. The van der Waals surface area contributed by atoms with Crippen molar-refractivity contribution in [3.05, 3.63) is 65.4 Å². The molecule has 4 rings (SSSR count). The quantitative estimate of drug-likeness (QED) is 0.862. The number of aryl methyl sites for hydroxylation is 1. The van der Waals surface area contributed by atoms with E-state index in [1.165, 1.54) is 16.5 Å². The van der Waals surface area contributed by atoms with Crippen LogP contribution in [-0.2, 0) is 17.8 Å². The number of halogens is 1. The molecule has 146 valence electrons. The van der Waals surface area contributed by atoms with Crippen LogP contribution in [0.25, 0.3) is 6.08 Å². The zero-order chi connectivity index (χ0) is 19.4. The second kappa shape index (κ2) is 8.00. The molecule has 5 nitrogen and oxygen atoms in total. The van der Waals surface area contributed by atoms with Crippen molar-refractivity contribution >= 4 is 18.0 Å². The standard InChI is InChI=1S/C22H24FN3O2/c23-22(11-10-19-9-8-18-7-4-13-24-20(18)25-19)12-14-26(16-22)21(27)28-15-17-5-2-1-3-6-17/h1-3,5-6,8-11H,4,7,12-16H2,(H,24,25)/t22-/m1/s1. The number of nitrogens with one attached hydrogen (secondary N) is 1. The van der Waals surface area contributed by atoms with Crippen molar-refractivity contribution in [3.8, 4) is 0 Å². The third kappa shape index (κ3) is 4.32. The summed E-state index contributed by atoms with van der Waals surface area (Å²) >= 11 is 0. The van der Waals surface area contributed by atoms with Crippen molar-refractivity contribution in [2.75, 3.05) is 25.0 Å². The maximum atomic E-state index is 15.1. The van der Waals surface area contributed by atoms with Crippen LogP contribution in [0.1, 0.15) is 29.7 Å². The van der Waals surface area contributed by atoms with Crippen LogP contribution in [0.15, 0.2) is 48.5 Å². The molecule has 1 amide bonds. The third-order valence-electron chi connectivity index (χ3n) is 5.18. The van der Waals surface area contributed by atoms with Gasteiger partial charge in [0.1, 0.15) is 18.1 Å². The Morgan fingerprint density at radius 1 is 1.29 bits per heavy atom. The minimum Gasteiger partial charge on any atom is -0.445 e. The lowest BCUT2D eigenvalue weighted by atomic mass is 10.0. The summed E-state index contributed by atoms with van der Waals surface area (Å²) in [5.41, 5.74) is 1.27. The average molecular weight is 381 g/mol. The number of aromatic nitrogens is 1. The molecule has 2 aromatic rings. The smallest absolute Gasteiger partial charge is 0.410 e. The number of nitrogens with zero attached hydrogens (tertiary/aromatic N) is 2. The van der Waals surface area contributed by atoms with E-state index < -0.39 is 11.8 Å².